The fourth-order valence-corrected chi connectivity index (χ4v) is 5.62. The highest BCUT2D eigenvalue weighted by molar-refractivity contribution is 5.93. The number of methoxy groups -OCH3 is 1. The van der Waals surface area contributed by atoms with Gasteiger partial charge in [-0.1, -0.05) is 12.1 Å². The number of anilines is 2. The lowest BCUT2D eigenvalue weighted by molar-refractivity contribution is -0.138. The van der Waals surface area contributed by atoms with Crippen LogP contribution in [0.15, 0.2) is 58.5 Å². The SMILES string of the molecule is COC(=O)C1=C(C)N(c2cccc(C(F)(F)F)c2)c2n[nH]c(=O)n2[C@@H]1c1ccc(C#N)cc1CCCC(C(=O)N(C)C)N(C)C. The third kappa shape index (κ3) is 6.48. The maximum atomic E-state index is 13.6. The minimum Gasteiger partial charge on any atom is -0.466 e. The molecule has 0 fully saturated rings. The molecule has 1 aliphatic rings. The van der Waals surface area contributed by atoms with Gasteiger partial charge in [0.2, 0.25) is 11.9 Å². The second-order valence-corrected chi connectivity index (χ2v) is 11.1. The van der Waals surface area contributed by atoms with Crippen molar-refractivity contribution < 1.29 is 27.5 Å². The molecule has 2 heterocycles. The Morgan fingerprint density at radius 2 is 1.87 bits per heavy atom. The van der Waals surface area contributed by atoms with Crippen LogP contribution < -0.4 is 10.6 Å². The van der Waals surface area contributed by atoms with Crippen LogP contribution in [0.1, 0.15) is 48.1 Å². The summed E-state index contributed by atoms with van der Waals surface area (Å²) in [6.45, 7) is 1.54. The number of aryl methyl sites for hydroxylation is 1. The van der Waals surface area contributed by atoms with Gasteiger partial charge in [0.15, 0.2) is 0 Å². The molecule has 2 aromatic carbocycles. The summed E-state index contributed by atoms with van der Waals surface area (Å²) >= 11 is 0. The van der Waals surface area contributed by atoms with E-state index in [-0.39, 0.29) is 28.8 Å². The van der Waals surface area contributed by atoms with E-state index in [0.29, 0.717) is 36.0 Å². The van der Waals surface area contributed by atoms with Gasteiger partial charge in [-0.2, -0.15) is 18.4 Å². The fourth-order valence-electron chi connectivity index (χ4n) is 5.62. The van der Waals surface area contributed by atoms with E-state index in [4.69, 9.17) is 4.74 Å². The van der Waals surface area contributed by atoms with Crippen LogP contribution in [0.25, 0.3) is 0 Å². The summed E-state index contributed by atoms with van der Waals surface area (Å²) in [6.07, 6.45) is -3.23. The van der Waals surface area contributed by atoms with Crippen LogP contribution in [0, 0.1) is 11.3 Å². The van der Waals surface area contributed by atoms with Crippen molar-refractivity contribution in [1.29, 1.82) is 5.26 Å². The predicted molar refractivity (Wildman–Crippen MR) is 160 cm³/mol. The number of H-pyrrole nitrogens is 1. The lowest BCUT2D eigenvalue weighted by atomic mass is 9.88. The average Bonchev–Trinajstić information content (AvgIpc) is 3.37. The number of esters is 1. The van der Waals surface area contributed by atoms with Gasteiger partial charge >= 0.3 is 17.8 Å². The average molecular weight is 626 g/mol. The molecule has 0 saturated heterocycles. The van der Waals surface area contributed by atoms with E-state index < -0.39 is 35.5 Å². The molecule has 45 heavy (non-hydrogen) atoms. The monoisotopic (exact) mass is 625 g/mol. The fraction of sp³-hybridized carbons (Fsp3) is 0.387. The largest absolute Gasteiger partial charge is 0.466 e. The Hall–Kier alpha value is -4.90. The van der Waals surface area contributed by atoms with Crippen LogP contribution in [-0.4, -0.2) is 77.8 Å². The van der Waals surface area contributed by atoms with Gasteiger partial charge in [-0.3, -0.25) is 14.6 Å². The van der Waals surface area contributed by atoms with Gasteiger partial charge in [0.05, 0.1) is 35.9 Å². The van der Waals surface area contributed by atoms with Crippen molar-refractivity contribution in [2.45, 2.75) is 44.4 Å². The van der Waals surface area contributed by atoms with Gasteiger partial charge in [0, 0.05) is 25.5 Å². The Kier molecular flexibility index (Phi) is 9.53. The van der Waals surface area contributed by atoms with Crippen LogP contribution in [0.5, 0.6) is 0 Å². The molecule has 1 unspecified atom stereocenters. The third-order valence-electron chi connectivity index (χ3n) is 7.82. The van der Waals surface area contributed by atoms with Gasteiger partial charge in [0.1, 0.15) is 6.04 Å². The molecule has 3 aromatic rings. The molecular formula is C31H34F3N7O4. The molecule has 0 bridgehead atoms. The highest BCUT2D eigenvalue weighted by Gasteiger charge is 2.41. The van der Waals surface area contributed by atoms with Gasteiger partial charge < -0.3 is 9.64 Å². The number of amides is 1. The third-order valence-corrected chi connectivity index (χ3v) is 7.82. The number of aromatic amines is 1. The summed E-state index contributed by atoms with van der Waals surface area (Å²) in [7, 11) is 8.17. The first kappa shape index (κ1) is 33.0. The number of hydrogen-bond donors (Lipinski definition) is 1. The molecule has 0 aliphatic carbocycles. The maximum Gasteiger partial charge on any atom is 0.416 e. The summed E-state index contributed by atoms with van der Waals surface area (Å²) in [4.78, 5) is 44.2. The number of nitrogens with one attached hydrogen (secondary N) is 1. The van der Waals surface area contributed by atoms with E-state index in [1.54, 1.807) is 39.2 Å². The zero-order chi connectivity index (χ0) is 33.2. The normalized spacial score (nSPS) is 15.5. The molecule has 1 N–H and O–H groups in total. The summed E-state index contributed by atoms with van der Waals surface area (Å²) < 4.78 is 47.2. The molecule has 238 valence electrons. The lowest BCUT2D eigenvalue weighted by Crippen LogP contribution is -2.42. The van der Waals surface area contributed by atoms with Gasteiger partial charge in [-0.25, -0.2) is 19.3 Å². The molecule has 14 heteroatoms. The van der Waals surface area contributed by atoms with Crippen molar-refractivity contribution >= 4 is 23.5 Å². The zero-order valence-electron chi connectivity index (χ0n) is 25.8. The first-order chi connectivity index (χ1) is 21.2. The summed E-state index contributed by atoms with van der Waals surface area (Å²) in [6, 6.07) is 9.98. The minimum absolute atomic E-state index is 0.00539. The number of ether oxygens (including phenoxy) is 1. The first-order valence-electron chi connectivity index (χ1n) is 14.0. The van der Waals surface area contributed by atoms with Crippen LogP contribution in [0.2, 0.25) is 0 Å². The topological polar surface area (TPSA) is 128 Å². The van der Waals surface area contributed by atoms with Crippen LogP contribution in [-0.2, 0) is 26.9 Å². The smallest absolute Gasteiger partial charge is 0.416 e. The van der Waals surface area contributed by atoms with Crippen molar-refractivity contribution in [3.05, 3.63) is 86.5 Å². The Bertz CT molecular complexity index is 1730. The molecule has 0 spiro atoms. The Morgan fingerprint density at radius 3 is 2.47 bits per heavy atom. The maximum absolute atomic E-state index is 13.6. The van der Waals surface area contributed by atoms with E-state index >= 15 is 0 Å². The van der Waals surface area contributed by atoms with E-state index in [2.05, 4.69) is 16.3 Å². The van der Waals surface area contributed by atoms with Crippen LogP contribution in [0.4, 0.5) is 24.8 Å². The summed E-state index contributed by atoms with van der Waals surface area (Å²) in [5.74, 6) is -0.893. The molecule has 4 rings (SSSR count). The van der Waals surface area contributed by atoms with Gasteiger partial charge in [0.25, 0.3) is 0 Å². The highest BCUT2D eigenvalue weighted by Crippen LogP contribution is 2.43. The molecule has 2 atom stereocenters. The van der Waals surface area contributed by atoms with E-state index in [9.17, 15) is 32.8 Å². The van der Waals surface area contributed by atoms with E-state index in [1.165, 1.54) is 33.6 Å². The Labute approximate surface area is 258 Å². The molecule has 1 aliphatic heterocycles. The van der Waals surface area contributed by atoms with Gasteiger partial charge in [-0.15, -0.1) is 5.10 Å². The van der Waals surface area contributed by atoms with Crippen molar-refractivity contribution in [2.24, 2.45) is 0 Å². The number of allylic oxidation sites excluding steroid dienone is 1. The minimum atomic E-state index is -4.64. The second-order valence-electron chi connectivity index (χ2n) is 11.1. The molecule has 1 aromatic heterocycles. The van der Waals surface area contributed by atoms with Crippen molar-refractivity contribution in [3.8, 4) is 6.07 Å². The summed E-state index contributed by atoms with van der Waals surface area (Å²) in [5.41, 5.74) is 0.115. The van der Waals surface area contributed by atoms with Crippen molar-refractivity contribution in [1.82, 2.24) is 24.6 Å². The van der Waals surface area contributed by atoms with E-state index in [1.807, 2.05) is 19.0 Å². The van der Waals surface area contributed by atoms with Crippen LogP contribution >= 0.6 is 0 Å². The number of rotatable bonds is 9. The number of hydrogen-bond acceptors (Lipinski definition) is 8. The number of likely N-dealkylation sites (N-methyl/N-ethyl adjacent to an activating group) is 2. The predicted octanol–water partition coefficient (Wildman–Crippen LogP) is 3.99. The zero-order valence-corrected chi connectivity index (χ0v) is 25.8. The molecule has 0 saturated carbocycles. The Morgan fingerprint density at radius 1 is 1.16 bits per heavy atom. The Balaban J connectivity index is 1.87. The molecule has 11 nitrogen and oxygen atoms in total. The van der Waals surface area contributed by atoms with Crippen LogP contribution in [0.3, 0.4) is 0 Å². The second kappa shape index (κ2) is 13.0. The molecule has 1 amide bonds. The lowest BCUT2D eigenvalue weighted by Gasteiger charge is -2.36. The number of aromatic nitrogens is 3. The van der Waals surface area contributed by atoms with Crippen molar-refractivity contribution in [3.63, 3.8) is 0 Å². The first-order valence-corrected chi connectivity index (χ1v) is 14.0. The number of alkyl halides is 3. The number of nitriles is 1. The molecular weight excluding hydrogens is 591 g/mol. The number of benzene rings is 2. The summed E-state index contributed by atoms with van der Waals surface area (Å²) in [5, 5.41) is 16.2. The van der Waals surface area contributed by atoms with Gasteiger partial charge in [-0.05, 0) is 81.7 Å². The standard InChI is InChI=1S/C31H34F3N7O4/c1-18-25(28(43)45-6)26(41-29(36-37-30(41)44)40(18)22-11-8-10-21(16-22)31(32,33)34)23-14-13-19(17-35)15-20(23)9-7-12-24(38(2)3)27(42)39(4)5/h8,10-11,13-16,24,26H,7,9,12H2,1-6H3,(H,37,44)/t24?,26-/m1/s1. The number of carbonyl (C=O) groups is 2. The highest BCUT2D eigenvalue weighted by atomic mass is 19.4. The number of halogens is 3. The number of fused-ring (bicyclic) bond motifs is 1. The van der Waals surface area contributed by atoms with Crippen molar-refractivity contribution in [2.75, 3.05) is 40.2 Å². The molecule has 0 radical (unpaired) electrons. The van der Waals surface area contributed by atoms with E-state index in [0.717, 1.165) is 12.1 Å². The number of nitrogens with zero attached hydrogens (tertiary/aromatic N) is 6. The quantitative estimate of drug-likeness (QED) is 0.354. The number of carbonyl (C=O) groups excluding carboxylic acids is 2.